The summed E-state index contributed by atoms with van der Waals surface area (Å²) in [5.74, 6) is -0.525. The van der Waals surface area contributed by atoms with Gasteiger partial charge < -0.3 is 8.92 Å². The van der Waals surface area contributed by atoms with Crippen LogP contribution in [0.3, 0.4) is 0 Å². The Labute approximate surface area is 128 Å². The highest BCUT2D eigenvalue weighted by Crippen LogP contribution is 2.17. The fourth-order valence-electron chi connectivity index (χ4n) is 1.68. The zero-order chi connectivity index (χ0) is 16.0. The Bertz CT molecular complexity index is 779. The molecule has 5 nitrogen and oxygen atoms in total. The van der Waals surface area contributed by atoms with Crippen molar-refractivity contribution in [3.05, 3.63) is 71.1 Å². The summed E-state index contributed by atoms with van der Waals surface area (Å²) in [4.78, 5) is 11.4. The summed E-state index contributed by atoms with van der Waals surface area (Å²) < 4.78 is 33.3. The van der Waals surface area contributed by atoms with Crippen molar-refractivity contribution in [1.82, 2.24) is 0 Å². The number of rotatable bonds is 5. The van der Waals surface area contributed by atoms with E-state index in [9.17, 15) is 13.2 Å². The molecule has 114 valence electrons. The minimum Gasteiger partial charge on any atom is -0.465 e. The van der Waals surface area contributed by atoms with Crippen LogP contribution in [0.25, 0.3) is 6.08 Å². The number of carbonyl (C=O) groups excluding carboxylic acids is 1. The molecule has 0 saturated heterocycles. The molecule has 0 spiro atoms. The fraction of sp³-hybridized carbons (Fsp3) is 0.0625. The Hall–Kier alpha value is -2.60. The van der Waals surface area contributed by atoms with Crippen LogP contribution in [0.2, 0.25) is 0 Å². The van der Waals surface area contributed by atoms with E-state index in [0.29, 0.717) is 0 Å². The second kappa shape index (κ2) is 6.91. The Morgan fingerprint density at radius 3 is 2.45 bits per heavy atom. The van der Waals surface area contributed by atoms with E-state index in [4.69, 9.17) is 4.18 Å². The van der Waals surface area contributed by atoms with Crippen LogP contribution in [-0.2, 0) is 14.9 Å². The van der Waals surface area contributed by atoms with E-state index in [1.165, 1.54) is 37.5 Å². The van der Waals surface area contributed by atoms with Crippen LogP contribution in [0.1, 0.15) is 15.9 Å². The zero-order valence-corrected chi connectivity index (χ0v) is 12.6. The van der Waals surface area contributed by atoms with Gasteiger partial charge in [0.05, 0.1) is 18.1 Å². The quantitative estimate of drug-likeness (QED) is 0.626. The molecule has 0 aromatic heterocycles. The highest BCUT2D eigenvalue weighted by atomic mass is 32.2. The fourth-order valence-corrected chi connectivity index (χ4v) is 2.43. The van der Waals surface area contributed by atoms with Gasteiger partial charge in [0.2, 0.25) is 0 Å². The van der Waals surface area contributed by atoms with Gasteiger partial charge in [0.25, 0.3) is 0 Å². The van der Waals surface area contributed by atoms with Crippen molar-refractivity contribution < 1.29 is 22.1 Å². The SMILES string of the molecule is COC(=O)c1cccc(OS(=O)(=O)/C=C/c2ccccc2)c1. The first-order valence-electron chi connectivity index (χ1n) is 6.36. The Balaban J connectivity index is 2.15. The molecule has 0 amide bonds. The summed E-state index contributed by atoms with van der Waals surface area (Å²) in [5.41, 5.74) is 0.945. The van der Waals surface area contributed by atoms with Gasteiger partial charge in [0.15, 0.2) is 0 Å². The van der Waals surface area contributed by atoms with Gasteiger partial charge in [-0.3, -0.25) is 0 Å². The molecular formula is C16H14O5S. The molecule has 0 unspecified atom stereocenters. The van der Waals surface area contributed by atoms with Gasteiger partial charge in [-0.25, -0.2) is 4.79 Å². The molecule has 0 saturated carbocycles. The van der Waals surface area contributed by atoms with Crippen molar-refractivity contribution in [2.45, 2.75) is 0 Å². The molecule has 2 aromatic rings. The van der Waals surface area contributed by atoms with E-state index in [1.807, 2.05) is 6.07 Å². The highest BCUT2D eigenvalue weighted by molar-refractivity contribution is 7.90. The third-order valence-corrected chi connectivity index (χ3v) is 3.59. The molecular weight excluding hydrogens is 304 g/mol. The minimum atomic E-state index is -3.91. The summed E-state index contributed by atoms with van der Waals surface area (Å²) in [7, 11) is -2.67. The van der Waals surface area contributed by atoms with E-state index < -0.39 is 16.1 Å². The molecule has 0 fully saturated rings. The van der Waals surface area contributed by atoms with E-state index in [2.05, 4.69) is 4.74 Å². The molecule has 22 heavy (non-hydrogen) atoms. The minimum absolute atomic E-state index is 0.0422. The smallest absolute Gasteiger partial charge is 0.337 e. The van der Waals surface area contributed by atoms with Crippen molar-refractivity contribution in [3.63, 3.8) is 0 Å². The van der Waals surface area contributed by atoms with E-state index >= 15 is 0 Å². The first-order valence-corrected chi connectivity index (χ1v) is 7.83. The van der Waals surface area contributed by atoms with Crippen molar-refractivity contribution >= 4 is 22.2 Å². The molecule has 0 N–H and O–H groups in total. The monoisotopic (exact) mass is 318 g/mol. The predicted molar refractivity (Wildman–Crippen MR) is 82.8 cm³/mol. The topological polar surface area (TPSA) is 69.7 Å². The van der Waals surface area contributed by atoms with Crippen molar-refractivity contribution in [2.24, 2.45) is 0 Å². The van der Waals surface area contributed by atoms with E-state index in [1.54, 1.807) is 24.3 Å². The van der Waals surface area contributed by atoms with Crippen LogP contribution in [0.4, 0.5) is 0 Å². The molecule has 0 heterocycles. The lowest BCUT2D eigenvalue weighted by atomic mass is 10.2. The molecule has 0 aliphatic carbocycles. The molecule has 2 rings (SSSR count). The van der Waals surface area contributed by atoms with E-state index in [0.717, 1.165) is 11.0 Å². The normalized spacial score (nSPS) is 11.3. The van der Waals surface area contributed by atoms with Gasteiger partial charge in [-0.2, -0.15) is 8.42 Å². The third kappa shape index (κ3) is 4.46. The Morgan fingerprint density at radius 1 is 1.05 bits per heavy atom. The maximum absolute atomic E-state index is 11.9. The summed E-state index contributed by atoms with van der Waals surface area (Å²) in [6.45, 7) is 0. The largest absolute Gasteiger partial charge is 0.465 e. The number of esters is 1. The van der Waals surface area contributed by atoms with Crippen molar-refractivity contribution in [3.8, 4) is 5.75 Å². The standard InChI is InChI=1S/C16H14O5S/c1-20-16(17)14-8-5-9-15(12-14)21-22(18,19)11-10-13-6-3-2-4-7-13/h2-12H,1H3/b11-10+. The van der Waals surface area contributed by atoms with Gasteiger partial charge in [0.1, 0.15) is 5.75 Å². The summed E-state index contributed by atoms with van der Waals surface area (Å²) >= 11 is 0. The molecule has 0 aliphatic rings. The number of hydrogen-bond donors (Lipinski definition) is 0. The van der Waals surface area contributed by atoms with Gasteiger partial charge in [-0.05, 0) is 29.8 Å². The van der Waals surface area contributed by atoms with Gasteiger partial charge >= 0.3 is 16.1 Å². The maximum Gasteiger partial charge on any atom is 0.337 e. The van der Waals surface area contributed by atoms with Crippen LogP contribution in [0.15, 0.2) is 60.0 Å². The first-order chi connectivity index (χ1) is 10.5. The van der Waals surface area contributed by atoms with E-state index in [-0.39, 0.29) is 11.3 Å². The molecule has 0 radical (unpaired) electrons. The van der Waals surface area contributed by atoms with Crippen LogP contribution in [-0.4, -0.2) is 21.5 Å². The molecule has 2 aromatic carbocycles. The zero-order valence-electron chi connectivity index (χ0n) is 11.8. The van der Waals surface area contributed by atoms with Gasteiger partial charge in [-0.1, -0.05) is 36.4 Å². The third-order valence-electron chi connectivity index (χ3n) is 2.69. The number of methoxy groups -OCH3 is 1. The summed E-state index contributed by atoms with van der Waals surface area (Å²) in [5, 5.41) is 0.965. The summed E-state index contributed by atoms with van der Waals surface area (Å²) in [6, 6.07) is 14.7. The number of hydrogen-bond acceptors (Lipinski definition) is 5. The molecule has 0 bridgehead atoms. The molecule has 0 aliphatic heterocycles. The second-order valence-corrected chi connectivity index (χ2v) is 5.73. The van der Waals surface area contributed by atoms with Crippen LogP contribution in [0, 0.1) is 0 Å². The predicted octanol–water partition coefficient (Wildman–Crippen LogP) is 2.85. The number of ether oxygens (including phenoxy) is 1. The van der Waals surface area contributed by atoms with Gasteiger partial charge in [0, 0.05) is 0 Å². The highest BCUT2D eigenvalue weighted by Gasteiger charge is 2.11. The molecule has 0 atom stereocenters. The van der Waals surface area contributed by atoms with Crippen LogP contribution in [0.5, 0.6) is 5.75 Å². The lowest BCUT2D eigenvalue weighted by Gasteiger charge is -2.05. The van der Waals surface area contributed by atoms with Crippen molar-refractivity contribution in [1.29, 1.82) is 0 Å². The second-order valence-electron chi connectivity index (χ2n) is 4.31. The average Bonchev–Trinajstić information content (AvgIpc) is 2.53. The lowest BCUT2D eigenvalue weighted by molar-refractivity contribution is 0.0600. The number of carbonyl (C=O) groups is 1. The van der Waals surface area contributed by atoms with Crippen LogP contribution >= 0.6 is 0 Å². The summed E-state index contributed by atoms with van der Waals surface area (Å²) in [6.07, 6.45) is 1.43. The average molecular weight is 318 g/mol. The maximum atomic E-state index is 11.9. The van der Waals surface area contributed by atoms with Gasteiger partial charge in [-0.15, -0.1) is 0 Å². The lowest BCUT2D eigenvalue weighted by Crippen LogP contribution is -2.06. The molecule has 6 heteroatoms. The Morgan fingerprint density at radius 2 is 1.77 bits per heavy atom. The Kier molecular flexibility index (Phi) is 4.95. The van der Waals surface area contributed by atoms with Crippen molar-refractivity contribution in [2.75, 3.05) is 7.11 Å². The van der Waals surface area contributed by atoms with Crippen LogP contribution < -0.4 is 4.18 Å². The first kappa shape index (κ1) is 15.8. The number of benzene rings is 2.